The minimum Gasteiger partial charge on any atom is -0.437 e. The van der Waals surface area contributed by atoms with Gasteiger partial charge in [0.2, 0.25) is 10.0 Å². The summed E-state index contributed by atoms with van der Waals surface area (Å²) < 4.78 is 40.1. The number of nitrogens with two attached hydrogens (primary N) is 1. The van der Waals surface area contributed by atoms with E-state index in [2.05, 4.69) is 4.72 Å². The topological polar surface area (TPSA) is 117 Å². The van der Waals surface area contributed by atoms with Crippen LogP contribution in [0, 0.1) is 5.92 Å². The molecule has 0 aromatic heterocycles. The zero-order valence-electron chi connectivity index (χ0n) is 13.9. The Morgan fingerprint density at radius 2 is 1.82 bits per heavy atom. The molecule has 0 saturated heterocycles. The van der Waals surface area contributed by atoms with Gasteiger partial charge in [0.25, 0.3) is 0 Å². The maximum Gasteiger partial charge on any atom is 0.325 e. The summed E-state index contributed by atoms with van der Waals surface area (Å²) in [5.74, 6) is -0.561. The Bertz CT molecular complexity index is 424. The highest BCUT2D eigenvalue weighted by Crippen LogP contribution is 2.02. The molecule has 0 amide bonds. The van der Waals surface area contributed by atoms with Gasteiger partial charge in [0.15, 0.2) is 6.79 Å². The van der Waals surface area contributed by atoms with Gasteiger partial charge in [-0.2, -0.15) is 0 Å². The third kappa shape index (κ3) is 10.9. The van der Waals surface area contributed by atoms with Gasteiger partial charge in [0.1, 0.15) is 6.04 Å². The molecule has 22 heavy (non-hydrogen) atoms. The van der Waals surface area contributed by atoms with E-state index in [-0.39, 0.29) is 32.0 Å². The van der Waals surface area contributed by atoms with Gasteiger partial charge in [-0.15, -0.1) is 0 Å². The van der Waals surface area contributed by atoms with Gasteiger partial charge in [-0.25, -0.2) is 13.1 Å². The molecule has 0 saturated carbocycles. The molecule has 0 aromatic rings. The van der Waals surface area contributed by atoms with E-state index in [1.165, 1.54) is 0 Å². The number of esters is 1. The van der Waals surface area contributed by atoms with Crippen LogP contribution in [0.4, 0.5) is 0 Å². The maximum atomic E-state index is 11.5. The average Bonchev–Trinajstić information content (AvgIpc) is 2.37. The molecule has 9 heteroatoms. The summed E-state index contributed by atoms with van der Waals surface area (Å²) in [6.45, 7) is 7.20. The first-order valence-electron chi connectivity index (χ1n) is 7.13. The van der Waals surface area contributed by atoms with E-state index in [0.29, 0.717) is 0 Å². The SMILES string of the molecule is CC(C)O[C@@H](CNS(C)(=O)=O)COCOC(=O)[C@@H](N)C(C)C. The molecule has 0 aliphatic carbocycles. The number of ether oxygens (including phenoxy) is 3. The van der Waals surface area contributed by atoms with Crippen LogP contribution in [0.5, 0.6) is 0 Å². The smallest absolute Gasteiger partial charge is 0.325 e. The van der Waals surface area contributed by atoms with Gasteiger partial charge < -0.3 is 19.9 Å². The van der Waals surface area contributed by atoms with Crippen LogP contribution in [0.25, 0.3) is 0 Å². The molecule has 132 valence electrons. The van der Waals surface area contributed by atoms with Crippen molar-refractivity contribution in [2.24, 2.45) is 11.7 Å². The summed E-state index contributed by atoms with van der Waals surface area (Å²) in [6.07, 6.45) is 0.495. The Labute approximate surface area is 132 Å². The Balaban J connectivity index is 4.15. The fraction of sp³-hybridized carbons (Fsp3) is 0.923. The van der Waals surface area contributed by atoms with Crippen LogP contribution in [0.1, 0.15) is 27.7 Å². The summed E-state index contributed by atoms with van der Waals surface area (Å²) in [5.41, 5.74) is 5.63. The molecular weight excluding hydrogens is 312 g/mol. The summed E-state index contributed by atoms with van der Waals surface area (Å²) in [7, 11) is -3.31. The molecule has 0 bridgehead atoms. The van der Waals surface area contributed by atoms with E-state index in [1.807, 2.05) is 27.7 Å². The van der Waals surface area contributed by atoms with Gasteiger partial charge in [0.05, 0.1) is 25.1 Å². The molecule has 2 atom stereocenters. The zero-order chi connectivity index (χ0) is 17.3. The monoisotopic (exact) mass is 340 g/mol. The van der Waals surface area contributed by atoms with Crippen LogP contribution < -0.4 is 10.5 Å². The highest BCUT2D eigenvalue weighted by Gasteiger charge is 2.19. The number of sulfonamides is 1. The second-order valence-corrected chi connectivity index (χ2v) is 7.48. The molecule has 0 fully saturated rings. The van der Waals surface area contributed by atoms with E-state index in [4.69, 9.17) is 19.9 Å². The Kier molecular flexibility index (Phi) is 9.77. The molecule has 0 heterocycles. The van der Waals surface area contributed by atoms with Crippen LogP contribution in [0.15, 0.2) is 0 Å². The van der Waals surface area contributed by atoms with Crippen LogP contribution in [-0.2, 0) is 29.0 Å². The minimum atomic E-state index is -3.31. The second-order valence-electron chi connectivity index (χ2n) is 5.65. The third-order valence-electron chi connectivity index (χ3n) is 2.62. The zero-order valence-corrected chi connectivity index (χ0v) is 14.7. The molecule has 8 nitrogen and oxygen atoms in total. The summed E-state index contributed by atoms with van der Waals surface area (Å²) in [4.78, 5) is 11.5. The van der Waals surface area contributed by atoms with Crippen LogP contribution in [-0.4, -0.2) is 58.8 Å². The first kappa shape index (κ1) is 21.3. The lowest BCUT2D eigenvalue weighted by Crippen LogP contribution is -2.39. The van der Waals surface area contributed by atoms with Crippen molar-refractivity contribution in [3.05, 3.63) is 0 Å². The van der Waals surface area contributed by atoms with Crippen molar-refractivity contribution in [1.82, 2.24) is 4.72 Å². The number of carbonyl (C=O) groups excluding carboxylic acids is 1. The lowest BCUT2D eigenvalue weighted by atomic mass is 10.1. The minimum absolute atomic E-state index is 0.0246. The number of hydrogen-bond donors (Lipinski definition) is 2. The highest BCUT2D eigenvalue weighted by atomic mass is 32.2. The predicted octanol–water partition coefficient (Wildman–Crippen LogP) is -0.170. The van der Waals surface area contributed by atoms with E-state index in [1.54, 1.807) is 0 Å². The van der Waals surface area contributed by atoms with Crippen molar-refractivity contribution in [1.29, 1.82) is 0 Å². The molecule has 0 spiro atoms. The Morgan fingerprint density at radius 1 is 1.23 bits per heavy atom. The van der Waals surface area contributed by atoms with Crippen LogP contribution >= 0.6 is 0 Å². The Morgan fingerprint density at radius 3 is 2.27 bits per heavy atom. The summed E-state index contributed by atoms with van der Waals surface area (Å²) in [5, 5.41) is 0. The fourth-order valence-electron chi connectivity index (χ4n) is 1.42. The average molecular weight is 340 g/mol. The quantitative estimate of drug-likeness (QED) is 0.305. The van der Waals surface area contributed by atoms with E-state index in [0.717, 1.165) is 6.26 Å². The number of carbonyl (C=O) groups is 1. The largest absolute Gasteiger partial charge is 0.437 e. The third-order valence-corrected chi connectivity index (χ3v) is 3.31. The molecule has 0 aliphatic rings. The number of nitrogens with one attached hydrogen (secondary N) is 1. The highest BCUT2D eigenvalue weighted by molar-refractivity contribution is 7.88. The van der Waals surface area contributed by atoms with Gasteiger partial charge in [-0.05, 0) is 19.8 Å². The van der Waals surface area contributed by atoms with Crippen molar-refractivity contribution in [3.63, 3.8) is 0 Å². The van der Waals surface area contributed by atoms with Crippen molar-refractivity contribution < 1.29 is 27.4 Å². The maximum absolute atomic E-state index is 11.5. The van der Waals surface area contributed by atoms with Gasteiger partial charge in [-0.3, -0.25) is 4.79 Å². The first-order valence-corrected chi connectivity index (χ1v) is 9.02. The molecule has 0 unspecified atom stereocenters. The standard InChI is InChI=1S/C13H28N2O6S/c1-9(2)12(14)13(16)20-8-19-7-11(21-10(3)4)6-15-22(5,17)18/h9-12,15H,6-8,14H2,1-5H3/t11-,12-/m0/s1. The Hall–Kier alpha value is -0.740. The molecule has 0 rings (SSSR count). The van der Waals surface area contributed by atoms with Crippen molar-refractivity contribution >= 4 is 16.0 Å². The van der Waals surface area contributed by atoms with E-state index < -0.39 is 28.1 Å². The normalized spacial score (nSPS) is 15.1. The number of hydrogen-bond acceptors (Lipinski definition) is 7. The van der Waals surface area contributed by atoms with Gasteiger partial charge in [0, 0.05) is 6.54 Å². The lowest BCUT2D eigenvalue weighted by molar-refractivity contribution is -0.162. The van der Waals surface area contributed by atoms with Crippen LogP contribution in [0.2, 0.25) is 0 Å². The number of rotatable bonds is 11. The van der Waals surface area contributed by atoms with E-state index in [9.17, 15) is 13.2 Å². The van der Waals surface area contributed by atoms with E-state index >= 15 is 0 Å². The summed E-state index contributed by atoms with van der Waals surface area (Å²) in [6, 6.07) is -0.696. The molecule has 0 aromatic carbocycles. The second kappa shape index (κ2) is 10.1. The van der Waals surface area contributed by atoms with Gasteiger partial charge in [-0.1, -0.05) is 13.8 Å². The molecule has 0 radical (unpaired) electrons. The lowest BCUT2D eigenvalue weighted by Gasteiger charge is -2.21. The first-order chi connectivity index (χ1) is 10.0. The van der Waals surface area contributed by atoms with Crippen molar-refractivity contribution in [3.8, 4) is 0 Å². The summed E-state index contributed by atoms with van der Waals surface area (Å²) >= 11 is 0. The van der Waals surface area contributed by atoms with Crippen LogP contribution in [0.3, 0.4) is 0 Å². The van der Waals surface area contributed by atoms with Crippen molar-refractivity contribution in [2.45, 2.75) is 45.9 Å². The molecule has 3 N–H and O–H groups in total. The predicted molar refractivity (Wildman–Crippen MR) is 82.6 cm³/mol. The fourth-order valence-corrected chi connectivity index (χ4v) is 1.91. The van der Waals surface area contributed by atoms with Gasteiger partial charge >= 0.3 is 5.97 Å². The van der Waals surface area contributed by atoms with Crippen molar-refractivity contribution in [2.75, 3.05) is 26.2 Å². The molecule has 0 aliphatic heterocycles. The molecular formula is C13H28N2O6S.